The molecule has 27 heavy (non-hydrogen) atoms. The third-order valence-electron chi connectivity index (χ3n) is 6.04. The molecule has 2 heterocycles. The Kier molecular flexibility index (Phi) is 3.87. The van der Waals surface area contributed by atoms with E-state index in [2.05, 4.69) is 61.3 Å². The molecular weight excluding hydrogens is 332 g/mol. The van der Waals surface area contributed by atoms with E-state index in [1.807, 2.05) is 20.0 Å². The van der Waals surface area contributed by atoms with E-state index in [0.29, 0.717) is 0 Å². The van der Waals surface area contributed by atoms with Crippen LogP contribution in [0.25, 0.3) is 22.0 Å². The van der Waals surface area contributed by atoms with Gasteiger partial charge in [0.15, 0.2) is 0 Å². The normalized spacial score (nSPS) is 20.8. The topological polar surface area (TPSA) is 48.0 Å². The highest BCUT2D eigenvalue weighted by Gasteiger charge is 2.40. The third-order valence-corrected chi connectivity index (χ3v) is 6.04. The van der Waals surface area contributed by atoms with E-state index in [9.17, 15) is 5.11 Å². The Morgan fingerprint density at radius 3 is 2.59 bits per heavy atom. The van der Waals surface area contributed by atoms with E-state index in [4.69, 9.17) is 6.42 Å². The molecule has 1 aliphatic heterocycles. The molecule has 138 valence electrons. The first-order valence-electron chi connectivity index (χ1n) is 9.43. The van der Waals surface area contributed by atoms with Crippen LogP contribution in [0.4, 0.5) is 5.69 Å². The molecule has 4 rings (SSSR count). The largest absolute Gasteiger partial charge is 0.390 e. The Hall–Kier alpha value is -2.70. The minimum atomic E-state index is -0.518. The lowest BCUT2D eigenvalue weighted by Gasteiger charge is -2.43. The van der Waals surface area contributed by atoms with Crippen molar-refractivity contribution in [1.29, 1.82) is 0 Å². The number of rotatable bonds is 1. The van der Waals surface area contributed by atoms with Gasteiger partial charge in [0.2, 0.25) is 0 Å². The molecule has 0 saturated heterocycles. The van der Waals surface area contributed by atoms with Gasteiger partial charge in [-0.2, -0.15) is 0 Å². The van der Waals surface area contributed by atoms with Crippen LogP contribution in [-0.4, -0.2) is 21.7 Å². The number of aromatic nitrogens is 1. The summed E-state index contributed by atoms with van der Waals surface area (Å²) in [5.74, 6) is 2.88. The van der Waals surface area contributed by atoms with Crippen molar-refractivity contribution in [2.75, 3.05) is 5.32 Å². The number of nitrogens with one attached hydrogen (secondary N) is 2. The Morgan fingerprint density at radius 2 is 1.89 bits per heavy atom. The highest BCUT2D eigenvalue weighted by atomic mass is 16.3. The van der Waals surface area contributed by atoms with Crippen molar-refractivity contribution < 1.29 is 5.11 Å². The minimum Gasteiger partial charge on any atom is -0.390 e. The molecule has 0 radical (unpaired) electrons. The van der Waals surface area contributed by atoms with Gasteiger partial charge in [-0.3, -0.25) is 0 Å². The maximum absolute atomic E-state index is 10.9. The first-order valence-corrected chi connectivity index (χ1v) is 9.43. The standard InChI is InChI=1S/C24H26N2O/c1-7-16-19(18-10-8-9-17-14(3)12-25-22(17)18)11-13(2)21-20(16)15(4)23(27)24(5,6)26-21/h1,8-12,15,23,25-27H,2-6H3. The molecule has 1 aromatic heterocycles. The molecule has 0 spiro atoms. The number of H-pyrrole nitrogens is 1. The van der Waals surface area contributed by atoms with Crippen molar-refractivity contribution in [3.05, 3.63) is 52.7 Å². The number of hydrogen-bond donors (Lipinski definition) is 3. The molecule has 3 heteroatoms. The fourth-order valence-corrected chi connectivity index (χ4v) is 4.53. The molecule has 2 atom stereocenters. The Balaban J connectivity index is 2.05. The average Bonchev–Trinajstić information content (AvgIpc) is 3.01. The van der Waals surface area contributed by atoms with Crippen molar-refractivity contribution in [2.45, 2.75) is 52.2 Å². The minimum absolute atomic E-state index is 0.0504. The molecule has 0 fully saturated rings. The van der Waals surface area contributed by atoms with E-state index in [0.717, 1.165) is 39.0 Å². The predicted molar refractivity (Wildman–Crippen MR) is 113 cm³/mol. The quantitative estimate of drug-likeness (QED) is 0.530. The Morgan fingerprint density at radius 1 is 1.15 bits per heavy atom. The molecule has 2 aromatic carbocycles. The zero-order chi connectivity index (χ0) is 19.5. The average molecular weight is 358 g/mol. The molecule has 3 aromatic rings. The summed E-state index contributed by atoms with van der Waals surface area (Å²) in [6, 6.07) is 8.49. The zero-order valence-electron chi connectivity index (χ0n) is 16.6. The number of aliphatic hydroxyl groups excluding tert-OH is 1. The van der Waals surface area contributed by atoms with Crippen LogP contribution in [-0.2, 0) is 0 Å². The number of fused-ring (bicyclic) bond motifs is 2. The van der Waals surface area contributed by atoms with Gasteiger partial charge >= 0.3 is 0 Å². The SMILES string of the molecule is C#Cc1c(-c2cccc3c(C)c[nH]c23)cc(C)c2c1C(C)C(O)C(C)(C)N2. The maximum Gasteiger partial charge on any atom is 0.0831 e. The summed E-state index contributed by atoms with van der Waals surface area (Å²) < 4.78 is 0. The Labute approximate surface area is 160 Å². The van der Waals surface area contributed by atoms with Crippen molar-refractivity contribution in [3.8, 4) is 23.5 Å². The van der Waals surface area contributed by atoms with Crippen LogP contribution in [0, 0.1) is 26.2 Å². The highest BCUT2D eigenvalue weighted by molar-refractivity contribution is 5.98. The molecular formula is C24H26N2O. The van der Waals surface area contributed by atoms with Crippen molar-refractivity contribution >= 4 is 16.6 Å². The van der Waals surface area contributed by atoms with Crippen LogP contribution in [0.2, 0.25) is 0 Å². The lowest BCUT2D eigenvalue weighted by molar-refractivity contribution is 0.0868. The van der Waals surface area contributed by atoms with Crippen molar-refractivity contribution in [1.82, 2.24) is 4.98 Å². The fraction of sp³-hybridized carbons (Fsp3) is 0.333. The predicted octanol–water partition coefficient (Wildman–Crippen LogP) is 5.10. The molecule has 3 nitrogen and oxygen atoms in total. The molecule has 3 N–H and O–H groups in total. The lowest BCUT2D eigenvalue weighted by atomic mass is 9.75. The van der Waals surface area contributed by atoms with Crippen LogP contribution in [0.3, 0.4) is 0 Å². The molecule has 2 unspecified atom stereocenters. The van der Waals surface area contributed by atoms with E-state index in [1.165, 1.54) is 10.9 Å². The van der Waals surface area contributed by atoms with Gasteiger partial charge in [0.1, 0.15) is 0 Å². The third kappa shape index (κ3) is 2.48. The fourth-order valence-electron chi connectivity index (χ4n) is 4.53. The number of para-hydroxylation sites is 1. The van der Waals surface area contributed by atoms with Crippen molar-refractivity contribution in [2.24, 2.45) is 0 Å². The summed E-state index contributed by atoms with van der Waals surface area (Å²) in [6.45, 7) is 10.3. The monoisotopic (exact) mass is 358 g/mol. The second kappa shape index (κ2) is 5.90. The number of aryl methyl sites for hydroxylation is 2. The van der Waals surface area contributed by atoms with Gasteiger partial charge in [-0.05, 0) is 50.5 Å². The summed E-state index contributed by atoms with van der Waals surface area (Å²) >= 11 is 0. The van der Waals surface area contributed by atoms with Gasteiger partial charge in [0.05, 0.1) is 17.2 Å². The number of anilines is 1. The smallest absolute Gasteiger partial charge is 0.0831 e. The van der Waals surface area contributed by atoms with Gasteiger partial charge in [0.25, 0.3) is 0 Å². The lowest BCUT2D eigenvalue weighted by Crippen LogP contribution is -2.50. The van der Waals surface area contributed by atoms with Crippen LogP contribution >= 0.6 is 0 Å². The van der Waals surface area contributed by atoms with Gasteiger partial charge in [-0.25, -0.2) is 0 Å². The van der Waals surface area contributed by atoms with E-state index >= 15 is 0 Å². The number of benzene rings is 2. The van der Waals surface area contributed by atoms with Crippen LogP contribution in [0.5, 0.6) is 0 Å². The van der Waals surface area contributed by atoms with Gasteiger partial charge in [0, 0.05) is 39.9 Å². The van der Waals surface area contributed by atoms with Crippen LogP contribution < -0.4 is 5.32 Å². The first kappa shape index (κ1) is 17.7. The van der Waals surface area contributed by atoms with E-state index < -0.39 is 11.6 Å². The van der Waals surface area contributed by atoms with Gasteiger partial charge in [-0.1, -0.05) is 31.0 Å². The molecule has 0 aliphatic carbocycles. The Bertz CT molecular complexity index is 1100. The second-order valence-corrected chi connectivity index (χ2v) is 8.33. The highest BCUT2D eigenvalue weighted by Crippen LogP contribution is 2.46. The molecule has 0 saturated carbocycles. The zero-order valence-corrected chi connectivity index (χ0v) is 16.6. The molecule has 1 aliphatic rings. The summed E-state index contributed by atoms with van der Waals surface area (Å²) in [4.78, 5) is 3.41. The van der Waals surface area contributed by atoms with Crippen LogP contribution in [0.15, 0.2) is 30.5 Å². The van der Waals surface area contributed by atoms with E-state index in [-0.39, 0.29) is 5.92 Å². The number of aliphatic hydroxyl groups is 1. The summed E-state index contributed by atoms with van der Waals surface area (Å²) in [6.07, 6.45) is 7.53. The first-order chi connectivity index (χ1) is 12.8. The van der Waals surface area contributed by atoms with Crippen molar-refractivity contribution in [3.63, 3.8) is 0 Å². The van der Waals surface area contributed by atoms with E-state index in [1.54, 1.807) is 0 Å². The summed E-state index contributed by atoms with van der Waals surface area (Å²) in [7, 11) is 0. The van der Waals surface area contributed by atoms with Gasteiger partial charge in [-0.15, -0.1) is 6.42 Å². The molecule has 0 amide bonds. The second-order valence-electron chi connectivity index (χ2n) is 8.33. The number of terminal acetylenes is 1. The number of hydrogen-bond acceptors (Lipinski definition) is 2. The number of aromatic amines is 1. The summed E-state index contributed by atoms with van der Waals surface area (Å²) in [5, 5.41) is 15.6. The van der Waals surface area contributed by atoms with Gasteiger partial charge < -0.3 is 15.4 Å². The van der Waals surface area contributed by atoms with Crippen LogP contribution in [0.1, 0.15) is 48.9 Å². The summed E-state index contributed by atoms with van der Waals surface area (Å²) in [5.41, 5.74) is 8.17. The maximum atomic E-state index is 10.9. The molecule has 0 bridgehead atoms.